The summed E-state index contributed by atoms with van der Waals surface area (Å²) >= 11 is 0. The average Bonchev–Trinajstić information content (AvgIpc) is 3.81. The number of fused-ring (bicyclic) bond motifs is 15. The van der Waals surface area contributed by atoms with Gasteiger partial charge in [0.2, 0.25) is 0 Å². The molecular formula is C49H28N2. The van der Waals surface area contributed by atoms with Crippen molar-refractivity contribution in [2.45, 2.75) is 5.41 Å². The van der Waals surface area contributed by atoms with Crippen LogP contribution in [0.15, 0.2) is 170 Å². The van der Waals surface area contributed by atoms with Crippen LogP contribution in [-0.4, -0.2) is 9.97 Å². The zero-order valence-corrected chi connectivity index (χ0v) is 27.6. The molecule has 12 rings (SSSR count). The van der Waals surface area contributed by atoms with Gasteiger partial charge in [-0.2, -0.15) is 0 Å². The number of hydrogen-bond donors (Lipinski definition) is 0. The minimum Gasteiger partial charge on any atom is -0.228 e. The third-order valence-corrected chi connectivity index (χ3v) is 11.6. The molecular weight excluding hydrogens is 617 g/mol. The van der Waals surface area contributed by atoms with Crippen molar-refractivity contribution in [1.82, 2.24) is 9.97 Å². The van der Waals surface area contributed by atoms with Gasteiger partial charge in [-0.15, -0.1) is 0 Å². The Hall–Kier alpha value is -6.64. The van der Waals surface area contributed by atoms with Gasteiger partial charge < -0.3 is 0 Å². The first kappa shape index (κ1) is 27.2. The van der Waals surface area contributed by atoms with Gasteiger partial charge in [0.25, 0.3) is 0 Å². The third-order valence-electron chi connectivity index (χ3n) is 11.6. The van der Waals surface area contributed by atoms with Crippen molar-refractivity contribution in [2.75, 3.05) is 0 Å². The van der Waals surface area contributed by atoms with E-state index >= 15 is 0 Å². The van der Waals surface area contributed by atoms with Crippen molar-refractivity contribution in [1.29, 1.82) is 0 Å². The second-order valence-electron chi connectivity index (χ2n) is 14.0. The maximum Gasteiger partial charge on any atom is 0.161 e. The molecule has 2 heteroatoms. The van der Waals surface area contributed by atoms with Gasteiger partial charge in [0, 0.05) is 16.5 Å². The zero-order chi connectivity index (χ0) is 33.3. The molecule has 0 saturated heterocycles. The van der Waals surface area contributed by atoms with Gasteiger partial charge in [-0.05, 0) is 89.7 Å². The lowest BCUT2D eigenvalue weighted by atomic mass is 9.70. The van der Waals surface area contributed by atoms with E-state index in [1.807, 2.05) is 0 Å². The topological polar surface area (TPSA) is 25.8 Å². The second-order valence-corrected chi connectivity index (χ2v) is 14.0. The first-order chi connectivity index (χ1) is 25.3. The summed E-state index contributed by atoms with van der Waals surface area (Å²) in [5.74, 6) is 0.749. The summed E-state index contributed by atoms with van der Waals surface area (Å²) < 4.78 is 0. The Kier molecular flexibility index (Phi) is 5.20. The van der Waals surface area contributed by atoms with Crippen molar-refractivity contribution in [3.8, 4) is 67.2 Å². The van der Waals surface area contributed by atoms with Crippen LogP contribution in [-0.2, 0) is 5.41 Å². The molecule has 51 heavy (non-hydrogen) atoms. The van der Waals surface area contributed by atoms with E-state index in [-0.39, 0.29) is 0 Å². The number of aromatic nitrogens is 2. The number of rotatable bonds is 2. The van der Waals surface area contributed by atoms with E-state index in [9.17, 15) is 0 Å². The number of para-hydroxylation sites is 1. The predicted molar refractivity (Wildman–Crippen MR) is 209 cm³/mol. The van der Waals surface area contributed by atoms with E-state index in [2.05, 4.69) is 170 Å². The molecule has 1 unspecified atom stereocenters. The summed E-state index contributed by atoms with van der Waals surface area (Å²) in [5.41, 5.74) is 19.3. The van der Waals surface area contributed by atoms with E-state index in [0.717, 1.165) is 33.5 Å². The summed E-state index contributed by atoms with van der Waals surface area (Å²) in [6.07, 6.45) is 0. The molecule has 0 fully saturated rings. The van der Waals surface area contributed by atoms with Crippen LogP contribution in [0.25, 0.3) is 88.8 Å². The van der Waals surface area contributed by atoms with E-state index in [1.54, 1.807) is 0 Å². The molecule has 1 atom stereocenters. The maximum atomic E-state index is 5.38. The molecule has 1 aromatic heterocycles. The molecule has 0 radical (unpaired) electrons. The summed E-state index contributed by atoms with van der Waals surface area (Å²) in [6, 6.07) is 62.2. The SMILES string of the molecule is c1ccc(-c2nc(-c3cccc4c3-c3ccccc3C43c4ccccc4-c4c3cc3c5c(cccc45)-c4ccccc4-3)nc3ccccc23)cc1. The molecule has 2 nitrogen and oxygen atoms in total. The van der Waals surface area contributed by atoms with Gasteiger partial charge in [-0.25, -0.2) is 9.97 Å². The normalized spacial score (nSPS) is 15.5. The Morgan fingerprint density at radius 1 is 0.353 bits per heavy atom. The monoisotopic (exact) mass is 644 g/mol. The molecule has 0 aliphatic heterocycles. The average molecular weight is 645 g/mol. The van der Waals surface area contributed by atoms with Gasteiger partial charge in [0.1, 0.15) is 0 Å². The number of hydrogen-bond acceptors (Lipinski definition) is 2. The lowest BCUT2D eigenvalue weighted by molar-refractivity contribution is 0.795. The Morgan fingerprint density at radius 2 is 0.922 bits per heavy atom. The molecule has 0 bridgehead atoms. The fourth-order valence-corrected chi connectivity index (χ4v) is 9.74. The standard InChI is InChI=1S/C49H28N2/c1-2-14-29(15-3-1)47-35-20-8-11-27-43(35)50-48(51-47)37-23-13-26-41-46(37)34-19-7-10-25-40(34)49(41)39-24-9-6-18-33(39)45-36-22-12-21-32-30-16-4-5-17-31(30)38(44(32)36)28-42(45)49/h1-28H. The minimum absolute atomic E-state index is 0.495. The highest BCUT2D eigenvalue weighted by Crippen LogP contribution is 2.66. The molecule has 234 valence electrons. The fraction of sp³-hybridized carbons (Fsp3) is 0.0204. The molecule has 0 N–H and O–H groups in total. The summed E-state index contributed by atoms with van der Waals surface area (Å²) in [5, 5.41) is 3.75. The van der Waals surface area contributed by atoms with Crippen molar-refractivity contribution in [2.24, 2.45) is 0 Å². The Morgan fingerprint density at radius 3 is 1.73 bits per heavy atom. The summed E-state index contributed by atoms with van der Waals surface area (Å²) in [6.45, 7) is 0. The first-order valence-electron chi connectivity index (χ1n) is 17.7. The first-order valence-corrected chi connectivity index (χ1v) is 17.7. The highest BCUT2D eigenvalue weighted by molar-refractivity contribution is 6.21. The summed E-state index contributed by atoms with van der Waals surface area (Å²) in [7, 11) is 0. The number of nitrogens with zero attached hydrogens (tertiary/aromatic N) is 2. The van der Waals surface area contributed by atoms with E-state index in [4.69, 9.17) is 9.97 Å². The van der Waals surface area contributed by atoms with Crippen LogP contribution >= 0.6 is 0 Å². The minimum atomic E-state index is -0.495. The van der Waals surface area contributed by atoms with Crippen LogP contribution in [0, 0.1) is 0 Å². The highest BCUT2D eigenvalue weighted by atomic mass is 14.9. The third kappa shape index (κ3) is 3.32. The summed E-state index contributed by atoms with van der Waals surface area (Å²) in [4.78, 5) is 10.7. The fourth-order valence-electron chi connectivity index (χ4n) is 9.74. The highest BCUT2D eigenvalue weighted by Gasteiger charge is 2.53. The van der Waals surface area contributed by atoms with Crippen LogP contribution in [0.4, 0.5) is 0 Å². The Balaban J connectivity index is 1.21. The van der Waals surface area contributed by atoms with Gasteiger partial charge in [-0.3, -0.25) is 0 Å². The van der Waals surface area contributed by atoms with Crippen molar-refractivity contribution >= 4 is 21.7 Å². The van der Waals surface area contributed by atoms with E-state index in [1.165, 1.54) is 77.5 Å². The lowest BCUT2D eigenvalue weighted by Crippen LogP contribution is -2.26. The van der Waals surface area contributed by atoms with Crippen molar-refractivity contribution < 1.29 is 0 Å². The van der Waals surface area contributed by atoms with Crippen LogP contribution in [0.3, 0.4) is 0 Å². The van der Waals surface area contributed by atoms with Crippen LogP contribution in [0.5, 0.6) is 0 Å². The van der Waals surface area contributed by atoms with Crippen LogP contribution in [0.1, 0.15) is 22.3 Å². The Bertz CT molecular complexity index is 2980. The molecule has 0 amide bonds. The van der Waals surface area contributed by atoms with E-state index in [0.29, 0.717) is 0 Å². The predicted octanol–water partition coefficient (Wildman–Crippen LogP) is 12.1. The van der Waals surface area contributed by atoms with E-state index < -0.39 is 5.41 Å². The molecule has 9 aromatic rings. The Labute approximate surface area is 295 Å². The van der Waals surface area contributed by atoms with Gasteiger partial charge in [-0.1, -0.05) is 158 Å². The van der Waals surface area contributed by atoms with Gasteiger partial charge >= 0.3 is 0 Å². The quantitative estimate of drug-likeness (QED) is 0.187. The maximum absolute atomic E-state index is 5.38. The van der Waals surface area contributed by atoms with Gasteiger partial charge in [0.05, 0.1) is 16.6 Å². The number of benzene rings is 8. The van der Waals surface area contributed by atoms with Crippen molar-refractivity contribution in [3.05, 3.63) is 192 Å². The molecule has 3 aliphatic carbocycles. The zero-order valence-electron chi connectivity index (χ0n) is 27.6. The van der Waals surface area contributed by atoms with Gasteiger partial charge in [0.15, 0.2) is 5.82 Å². The molecule has 1 spiro atoms. The lowest BCUT2D eigenvalue weighted by Gasteiger charge is -2.31. The molecule has 0 saturated carbocycles. The molecule has 3 aliphatic rings. The van der Waals surface area contributed by atoms with Crippen LogP contribution < -0.4 is 0 Å². The molecule has 8 aromatic carbocycles. The smallest absolute Gasteiger partial charge is 0.161 e. The second kappa shape index (κ2) is 9.74. The van der Waals surface area contributed by atoms with Crippen LogP contribution in [0.2, 0.25) is 0 Å². The molecule has 1 heterocycles. The van der Waals surface area contributed by atoms with Crippen molar-refractivity contribution in [3.63, 3.8) is 0 Å². The largest absolute Gasteiger partial charge is 0.228 e.